The second kappa shape index (κ2) is 14.2. The van der Waals surface area contributed by atoms with E-state index in [1.165, 1.54) is 6.42 Å². The highest BCUT2D eigenvalue weighted by atomic mass is 35.5. The molecule has 0 unspecified atom stereocenters. The fourth-order valence-electron chi connectivity index (χ4n) is 5.44. The molecule has 2 aromatic rings. The van der Waals surface area contributed by atoms with Gasteiger partial charge in [0.05, 0.1) is 17.0 Å². The minimum absolute atomic E-state index is 0. The Kier molecular flexibility index (Phi) is 11.9. The first-order valence-corrected chi connectivity index (χ1v) is 13.4. The van der Waals surface area contributed by atoms with Crippen LogP contribution in [0.15, 0.2) is 41.8 Å². The number of carbonyl (C=O) groups is 3. The van der Waals surface area contributed by atoms with E-state index in [0.717, 1.165) is 30.6 Å². The lowest BCUT2D eigenvalue weighted by atomic mass is 9.72. The Morgan fingerprint density at radius 3 is 2.38 bits per heavy atom. The Labute approximate surface area is 236 Å². The molecule has 2 heterocycles. The SMILES string of the molecule is Cl.N[C@@H](Cc1cccs1)C(=O)N1CCC(Cc2ccccc2C(=O)O)(C(=O)NC2CCCCC2)CC1.S. The van der Waals surface area contributed by atoms with Crippen molar-refractivity contribution in [1.82, 2.24) is 10.2 Å². The lowest BCUT2D eigenvalue weighted by molar-refractivity contribution is -0.141. The minimum atomic E-state index is -0.990. The monoisotopic (exact) mass is 567 g/mol. The molecule has 1 saturated heterocycles. The van der Waals surface area contributed by atoms with Gasteiger partial charge < -0.3 is 21.1 Å². The van der Waals surface area contributed by atoms with Crippen molar-refractivity contribution < 1.29 is 19.5 Å². The highest BCUT2D eigenvalue weighted by Gasteiger charge is 2.44. The number of carbonyl (C=O) groups excluding carboxylic acids is 2. The summed E-state index contributed by atoms with van der Waals surface area (Å²) in [5.74, 6) is -1.10. The number of hydrogen-bond acceptors (Lipinski definition) is 5. The van der Waals surface area contributed by atoms with Gasteiger partial charge in [-0.3, -0.25) is 9.59 Å². The summed E-state index contributed by atoms with van der Waals surface area (Å²) in [5, 5.41) is 14.9. The lowest BCUT2D eigenvalue weighted by Crippen LogP contribution is -2.55. The van der Waals surface area contributed by atoms with Gasteiger partial charge >= 0.3 is 5.97 Å². The van der Waals surface area contributed by atoms with Gasteiger partial charge in [-0.25, -0.2) is 4.79 Å². The number of hydrogen-bond donors (Lipinski definition) is 3. The molecule has 1 saturated carbocycles. The number of benzene rings is 1. The second-order valence-electron chi connectivity index (χ2n) is 9.94. The van der Waals surface area contributed by atoms with Gasteiger partial charge in [-0.1, -0.05) is 43.5 Å². The third kappa shape index (κ3) is 7.72. The Balaban J connectivity index is 0.00000241. The summed E-state index contributed by atoms with van der Waals surface area (Å²) in [6.07, 6.45) is 7.21. The van der Waals surface area contributed by atoms with Gasteiger partial charge in [-0.15, -0.1) is 23.7 Å². The molecule has 2 fully saturated rings. The van der Waals surface area contributed by atoms with Gasteiger partial charge in [-0.2, -0.15) is 13.5 Å². The van der Waals surface area contributed by atoms with Crippen molar-refractivity contribution in [2.24, 2.45) is 11.1 Å². The molecule has 10 heteroatoms. The Morgan fingerprint density at radius 1 is 1.08 bits per heavy atom. The van der Waals surface area contributed by atoms with Gasteiger partial charge in [0.15, 0.2) is 0 Å². The first kappa shape index (κ1) is 31.1. The fourth-order valence-corrected chi connectivity index (χ4v) is 6.20. The van der Waals surface area contributed by atoms with Crippen molar-refractivity contribution in [2.75, 3.05) is 13.1 Å². The molecule has 0 bridgehead atoms. The summed E-state index contributed by atoms with van der Waals surface area (Å²) in [6.45, 7) is 0.870. The number of amides is 2. The molecule has 1 aliphatic carbocycles. The zero-order chi connectivity index (χ0) is 24.8. The fraction of sp³-hybridized carbons (Fsp3) is 0.519. The second-order valence-corrected chi connectivity index (χ2v) is 11.0. The van der Waals surface area contributed by atoms with Crippen LogP contribution in [0.1, 0.15) is 65.7 Å². The van der Waals surface area contributed by atoms with Gasteiger partial charge in [0.1, 0.15) is 0 Å². The van der Waals surface area contributed by atoms with Crippen molar-refractivity contribution in [3.05, 3.63) is 57.8 Å². The average Bonchev–Trinajstić information content (AvgIpc) is 3.38. The molecule has 2 amide bonds. The van der Waals surface area contributed by atoms with E-state index in [4.69, 9.17) is 5.73 Å². The molecule has 4 N–H and O–H groups in total. The van der Waals surface area contributed by atoms with Crippen LogP contribution >= 0.6 is 37.2 Å². The van der Waals surface area contributed by atoms with Crippen LogP contribution in [0.4, 0.5) is 0 Å². The molecule has 1 atom stereocenters. The number of likely N-dealkylation sites (tertiary alicyclic amines) is 1. The van der Waals surface area contributed by atoms with Crippen LogP contribution in [0.2, 0.25) is 0 Å². The summed E-state index contributed by atoms with van der Waals surface area (Å²) >= 11 is 1.59. The number of nitrogens with two attached hydrogens (primary N) is 1. The highest BCUT2D eigenvalue weighted by Crippen LogP contribution is 2.37. The van der Waals surface area contributed by atoms with Crippen molar-refractivity contribution in [2.45, 2.75) is 69.9 Å². The van der Waals surface area contributed by atoms with E-state index in [0.29, 0.717) is 44.3 Å². The van der Waals surface area contributed by atoms with Crippen LogP contribution in [0, 0.1) is 5.41 Å². The molecule has 1 aromatic heterocycles. The number of rotatable bonds is 8. The maximum absolute atomic E-state index is 13.7. The van der Waals surface area contributed by atoms with E-state index in [9.17, 15) is 19.5 Å². The molecule has 4 rings (SSSR count). The number of aromatic carboxylic acids is 1. The van der Waals surface area contributed by atoms with Gasteiger partial charge in [-0.05, 0) is 55.2 Å². The molecule has 1 aromatic carbocycles. The molecule has 7 nitrogen and oxygen atoms in total. The summed E-state index contributed by atoms with van der Waals surface area (Å²) in [6, 6.07) is 10.4. The van der Waals surface area contributed by atoms with E-state index < -0.39 is 17.4 Å². The number of thiophene rings is 1. The standard InChI is InChI=1S/C27H35N3O4S.ClH.H2S/c28-23(17-21-10-6-16-35-21)24(31)30-14-12-27(13-15-30,26(34)29-20-8-2-1-3-9-20)18-19-7-4-5-11-22(19)25(32)33;;/h4-7,10-11,16,20,23H,1-3,8-9,12-15,17-18,28H2,(H,29,34)(H,32,33);1H;1H2/t23-;;/m0../s1. The number of halogens is 1. The maximum Gasteiger partial charge on any atom is 0.335 e. The normalized spacial score (nSPS) is 18.1. The van der Waals surface area contributed by atoms with Crippen LogP contribution < -0.4 is 11.1 Å². The summed E-state index contributed by atoms with van der Waals surface area (Å²) in [7, 11) is 0. The van der Waals surface area contributed by atoms with E-state index in [1.54, 1.807) is 34.4 Å². The van der Waals surface area contributed by atoms with Crippen LogP contribution in [0.25, 0.3) is 0 Å². The maximum atomic E-state index is 13.7. The number of nitrogens with zero attached hydrogens (tertiary/aromatic N) is 1. The third-order valence-electron chi connectivity index (χ3n) is 7.55. The van der Waals surface area contributed by atoms with Gasteiger partial charge in [0, 0.05) is 30.4 Å². The Morgan fingerprint density at radius 2 is 1.76 bits per heavy atom. The molecule has 37 heavy (non-hydrogen) atoms. The van der Waals surface area contributed by atoms with Crippen molar-refractivity contribution in [3.63, 3.8) is 0 Å². The molecule has 0 spiro atoms. The van der Waals surface area contributed by atoms with E-state index >= 15 is 0 Å². The van der Waals surface area contributed by atoms with E-state index in [-0.39, 0.29) is 49.3 Å². The quantitative estimate of drug-likeness (QED) is 0.443. The third-order valence-corrected chi connectivity index (χ3v) is 8.45. The average molecular weight is 568 g/mol. The van der Waals surface area contributed by atoms with Crippen LogP contribution in [-0.2, 0) is 22.4 Å². The lowest BCUT2D eigenvalue weighted by Gasteiger charge is -2.42. The van der Waals surface area contributed by atoms with E-state index in [2.05, 4.69) is 5.32 Å². The number of piperidine rings is 1. The van der Waals surface area contributed by atoms with Crippen LogP contribution in [0.3, 0.4) is 0 Å². The molecule has 2 aliphatic rings. The zero-order valence-electron chi connectivity index (χ0n) is 21.0. The smallest absolute Gasteiger partial charge is 0.335 e. The molecule has 0 radical (unpaired) electrons. The molecule has 204 valence electrons. The van der Waals surface area contributed by atoms with Crippen molar-refractivity contribution >= 4 is 55.0 Å². The first-order valence-electron chi connectivity index (χ1n) is 12.6. The number of carboxylic acids is 1. The summed E-state index contributed by atoms with van der Waals surface area (Å²) in [4.78, 5) is 41.4. The molecular formula is C27H38ClN3O4S2. The highest BCUT2D eigenvalue weighted by molar-refractivity contribution is 7.59. The largest absolute Gasteiger partial charge is 0.478 e. The van der Waals surface area contributed by atoms with Crippen LogP contribution in [0.5, 0.6) is 0 Å². The molecule has 1 aliphatic heterocycles. The predicted octanol–water partition coefficient (Wildman–Crippen LogP) is 4.15. The van der Waals surface area contributed by atoms with Gasteiger partial charge in [0.2, 0.25) is 11.8 Å². The molecular weight excluding hydrogens is 530 g/mol. The van der Waals surface area contributed by atoms with E-state index in [1.807, 2.05) is 23.6 Å². The summed E-state index contributed by atoms with van der Waals surface area (Å²) in [5.41, 5.74) is 6.38. The van der Waals surface area contributed by atoms with Crippen LogP contribution in [-0.4, -0.2) is 53.0 Å². The Bertz CT molecular complexity index is 1040. The Hall–Kier alpha value is -2.07. The van der Waals surface area contributed by atoms with Crippen molar-refractivity contribution in [3.8, 4) is 0 Å². The number of carboxylic acid groups (broad SMARTS) is 1. The minimum Gasteiger partial charge on any atom is -0.478 e. The zero-order valence-corrected chi connectivity index (χ0v) is 23.6. The first-order chi connectivity index (χ1) is 16.9. The predicted molar refractivity (Wildman–Crippen MR) is 154 cm³/mol. The summed E-state index contributed by atoms with van der Waals surface area (Å²) < 4.78 is 0. The van der Waals surface area contributed by atoms with Crippen molar-refractivity contribution in [1.29, 1.82) is 0 Å². The van der Waals surface area contributed by atoms with Gasteiger partial charge in [0.25, 0.3) is 0 Å². The number of nitrogens with one attached hydrogen (secondary N) is 1. The topological polar surface area (TPSA) is 113 Å².